The molecular formula is C20H21N5O4S. The molecule has 1 aliphatic rings. The van der Waals surface area contributed by atoms with Crippen LogP contribution in [-0.4, -0.2) is 40.1 Å². The molecule has 0 atom stereocenters. The number of nitrogens with one attached hydrogen (secondary N) is 2. The molecule has 0 aliphatic carbocycles. The molecule has 0 radical (unpaired) electrons. The zero-order valence-electron chi connectivity index (χ0n) is 16.6. The number of carbonyl (C=O) groups excluding carboxylic acids is 2. The summed E-state index contributed by atoms with van der Waals surface area (Å²) in [6, 6.07) is 8.70. The van der Waals surface area contributed by atoms with E-state index in [1.807, 2.05) is 31.2 Å². The number of urea groups is 1. The molecule has 0 saturated carbocycles. The van der Waals surface area contributed by atoms with Crippen LogP contribution in [0.2, 0.25) is 0 Å². The van der Waals surface area contributed by atoms with Crippen molar-refractivity contribution in [3.05, 3.63) is 52.4 Å². The number of amides is 3. The van der Waals surface area contributed by atoms with Crippen molar-refractivity contribution < 1.29 is 18.8 Å². The number of benzene rings is 1. The average molecular weight is 427 g/mol. The van der Waals surface area contributed by atoms with Crippen LogP contribution in [0.4, 0.5) is 15.6 Å². The average Bonchev–Trinajstić information content (AvgIpc) is 3.34. The summed E-state index contributed by atoms with van der Waals surface area (Å²) in [7, 11) is 0. The molecule has 2 N–H and O–H groups in total. The molecule has 156 valence electrons. The van der Waals surface area contributed by atoms with Gasteiger partial charge < -0.3 is 19.5 Å². The first-order chi connectivity index (χ1) is 14.5. The molecule has 0 spiro atoms. The maximum absolute atomic E-state index is 12.8. The lowest BCUT2D eigenvalue weighted by Crippen LogP contribution is -2.38. The SMILES string of the molecule is CCOc1ccccc1NC(=O)N1CCc2nc(NC(=O)c3cc(C)on3)sc2C1. The van der Waals surface area contributed by atoms with Crippen LogP contribution in [0.1, 0.15) is 33.7 Å². The Kier molecular flexibility index (Phi) is 5.66. The van der Waals surface area contributed by atoms with E-state index in [4.69, 9.17) is 9.26 Å². The Morgan fingerprint density at radius 1 is 1.30 bits per heavy atom. The molecule has 2 aromatic heterocycles. The molecule has 0 bridgehead atoms. The number of nitrogens with zero attached hydrogens (tertiary/aromatic N) is 3. The van der Waals surface area contributed by atoms with Gasteiger partial charge in [0.15, 0.2) is 10.8 Å². The van der Waals surface area contributed by atoms with Gasteiger partial charge >= 0.3 is 6.03 Å². The second-order valence-corrected chi connectivity index (χ2v) is 7.78. The van der Waals surface area contributed by atoms with Crippen LogP contribution >= 0.6 is 11.3 Å². The van der Waals surface area contributed by atoms with Gasteiger partial charge in [-0.2, -0.15) is 0 Å². The van der Waals surface area contributed by atoms with Gasteiger partial charge in [-0.25, -0.2) is 9.78 Å². The van der Waals surface area contributed by atoms with Gasteiger partial charge in [0.05, 0.1) is 24.5 Å². The second kappa shape index (κ2) is 8.54. The van der Waals surface area contributed by atoms with Crippen molar-refractivity contribution in [1.29, 1.82) is 0 Å². The van der Waals surface area contributed by atoms with Gasteiger partial charge in [-0.3, -0.25) is 10.1 Å². The fourth-order valence-corrected chi connectivity index (χ4v) is 4.12. The number of hydrogen-bond donors (Lipinski definition) is 2. The Morgan fingerprint density at radius 2 is 2.13 bits per heavy atom. The zero-order valence-corrected chi connectivity index (χ0v) is 17.4. The topological polar surface area (TPSA) is 110 Å². The minimum Gasteiger partial charge on any atom is -0.492 e. The molecule has 30 heavy (non-hydrogen) atoms. The number of carbonyl (C=O) groups is 2. The highest BCUT2D eigenvalue weighted by Gasteiger charge is 2.25. The minimum atomic E-state index is -0.375. The van der Waals surface area contributed by atoms with Crippen molar-refractivity contribution in [2.75, 3.05) is 23.8 Å². The zero-order chi connectivity index (χ0) is 21.1. The summed E-state index contributed by atoms with van der Waals surface area (Å²) in [6.07, 6.45) is 0.616. The summed E-state index contributed by atoms with van der Waals surface area (Å²) in [5.74, 6) is 0.822. The van der Waals surface area contributed by atoms with E-state index in [2.05, 4.69) is 20.8 Å². The number of thiazole rings is 1. The molecule has 3 aromatic rings. The number of anilines is 2. The Morgan fingerprint density at radius 3 is 2.90 bits per heavy atom. The number of rotatable bonds is 5. The molecule has 0 unspecified atom stereocenters. The number of hydrogen-bond acceptors (Lipinski definition) is 7. The van der Waals surface area contributed by atoms with Gasteiger partial charge in [-0.1, -0.05) is 28.6 Å². The second-order valence-electron chi connectivity index (χ2n) is 6.70. The maximum Gasteiger partial charge on any atom is 0.322 e. The summed E-state index contributed by atoms with van der Waals surface area (Å²) < 4.78 is 10.5. The predicted molar refractivity (Wildman–Crippen MR) is 112 cm³/mol. The lowest BCUT2D eigenvalue weighted by Gasteiger charge is -2.26. The smallest absolute Gasteiger partial charge is 0.322 e. The molecule has 3 heterocycles. The molecule has 4 rings (SSSR count). The highest BCUT2D eigenvalue weighted by atomic mass is 32.1. The Labute approximate surface area is 177 Å². The van der Waals surface area contributed by atoms with Gasteiger partial charge in [-0.05, 0) is 26.0 Å². The highest BCUT2D eigenvalue weighted by Crippen LogP contribution is 2.30. The number of fused-ring (bicyclic) bond motifs is 1. The number of para-hydroxylation sites is 2. The number of aryl methyl sites for hydroxylation is 1. The van der Waals surface area contributed by atoms with Crippen LogP contribution in [0.15, 0.2) is 34.9 Å². The van der Waals surface area contributed by atoms with E-state index in [9.17, 15) is 9.59 Å². The summed E-state index contributed by atoms with van der Waals surface area (Å²) >= 11 is 1.36. The third-order valence-electron chi connectivity index (χ3n) is 4.53. The van der Waals surface area contributed by atoms with Gasteiger partial charge in [0.25, 0.3) is 5.91 Å². The van der Waals surface area contributed by atoms with Crippen molar-refractivity contribution >= 4 is 34.1 Å². The maximum atomic E-state index is 12.8. The van der Waals surface area contributed by atoms with Crippen molar-refractivity contribution in [3.8, 4) is 5.75 Å². The molecule has 1 aromatic carbocycles. The first-order valence-corrected chi connectivity index (χ1v) is 10.4. The van der Waals surface area contributed by atoms with Gasteiger partial charge in [0.1, 0.15) is 11.5 Å². The van der Waals surface area contributed by atoms with Gasteiger partial charge in [0, 0.05) is 23.9 Å². The van der Waals surface area contributed by atoms with Gasteiger partial charge in [-0.15, -0.1) is 0 Å². The monoisotopic (exact) mass is 427 g/mol. The Bertz CT molecular complexity index is 1080. The Balaban J connectivity index is 1.41. The van der Waals surface area contributed by atoms with Crippen LogP contribution in [0.3, 0.4) is 0 Å². The van der Waals surface area contributed by atoms with Crippen LogP contribution in [0.25, 0.3) is 0 Å². The fraction of sp³-hybridized carbons (Fsp3) is 0.300. The summed E-state index contributed by atoms with van der Waals surface area (Å²) in [4.78, 5) is 32.2. The molecule has 9 nitrogen and oxygen atoms in total. The molecular weight excluding hydrogens is 406 g/mol. The summed E-state index contributed by atoms with van der Waals surface area (Å²) in [5.41, 5.74) is 1.73. The number of ether oxygens (including phenoxy) is 1. The molecule has 3 amide bonds. The normalized spacial score (nSPS) is 12.9. The molecule has 0 saturated heterocycles. The first kappa shape index (κ1) is 19.9. The highest BCUT2D eigenvalue weighted by molar-refractivity contribution is 7.15. The molecule has 10 heteroatoms. The van der Waals surface area contributed by atoms with Crippen molar-refractivity contribution in [2.24, 2.45) is 0 Å². The summed E-state index contributed by atoms with van der Waals surface area (Å²) in [6.45, 7) is 5.10. The quantitative estimate of drug-likeness (QED) is 0.643. The van der Waals surface area contributed by atoms with Crippen LogP contribution in [0.5, 0.6) is 5.75 Å². The first-order valence-electron chi connectivity index (χ1n) is 9.54. The third-order valence-corrected chi connectivity index (χ3v) is 5.53. The van der Waals surface area contributed by atoms with Crippen LogP contribution in [-0.2, 0) is 13.0 Å². The van der Waals surface area contributed by atoms with E-state index in [1.54, 1.807) is 17.9 Å². The Hall–Kier alpha value is -3.40. The molecule has 1 aliphatic heterocycles. The summed E-state index contributed by atoms with van der Waals surface area (Å²) in [5, 5.41) is 9.85. The van der Waals surface area contributed by atoms with Crippen LogP contribution in [0, 0.1) is 6.92 Å². The van der Waals surface area contributed by atoms with Crippen molar-refractivity contribution in [3.63, 3.8) is 0 Å². The van der Waals surface area contributed by atoms with E-state index in [1.165, 1.54) is 11.3 Å². The van der Waals surface area contributed by atoms with E-state index in [-0.39, 0.29) is 17.6 Å². The van der Waals surface area contributed by atoms with E-state index in [0.717, 1.165) is 10.6 Å². The lowest BCUT2D eigenvalue weighted by atomic mass is 10.2. The largest absolute Gasteiger partial charge is 0.492 e. The standard InChI is InChI=1S/C20H21N5O4S/c1-3-28-16-7-5-4-6-13(16)22-20(27)25-9-8-14-17(11-25)30-19(21-14)23-18(26)15-10-12(2)29-24-15/h4-7,10H,3,8-9,11H2,1-2H3,(H,22,27)(H,21,23,26). The third kappa shape index (κ3) is 4.28. The van der Waals surface area contributed by atoms with Crippen LogP contribution < -0.4 is 15.4 Å². The minimum absolute atomic E-state index is 0.203. The van der Waals surface area contributed by atoms with E-state index < -0.39 is 0 Å². The van der Waals surface area contributed by atoms with Crippen molar-refractivity contribution in [2.45, 2.75) is 26.8 Å². The fourth-order valence-electron chi connectivity index (χ4n) is 3.10. The van der Waals surface area contributed by atoms with Crippen molar-refractivity contribution in [1.82, 2.24) is 15.0 Å². The van der Waals surface area contributed by atoms with E-state index in [0.29, 0.717) is 48.4 Å². The van der Waals surface area contributed by atoms with E-state index >= 15 is 0 Å². The molecule has 0 fully saturated rings. The van der Waals surface area contributed by atoms with Gasteiger partial charge in [0.2, 0.25) is 0 Å². The number of aromatic nitrogens is 2. The lowest BCUT2D eigenvalue weighted by molar-refractivity contribution is 0.101. The predicted octanol–water partition coefficient (Wildman–Crippen LogP) is 3.68.